The van der Waals surface area contributed by atoms with Gasteiger partial charge in [0, 0.05) is 58.8 Å². The zero-order chi connectivity index (χ0) is 41.0. The monoisotopic (exact) mass is 806 g/mol. The van der Waals surface area contributed by atoms with Crippen LogP contribution in [-0.2, 0) is 6.42 Å². The van der Waals surface area contributed by atoms with Crippen molar-refractivity contribution in [3.05, 3.63) is 221 Å². The molecule has 306 valence electrons. The van der Waals surface area contributed by atoms with Crippen molar-refractivity contribution < 1.29 is 0 Å². The Morgan fingerprint density at radius 1 is 0.613 bits per heavy atom. The van der Waals surface area contributed by atoms with Crippen molar-refractivity contribution in [1.29, 1.82) is 0 Å². The number of hydrogen-bond acceptors (Lipinski definition) is 3. The van der Waals surface area contributed by atoms with Crippen molar-refractivity contribution in [1.82, 2.24) is 9.47 Å². The molecule has 1 saturated carbocycles. The van der Waals surface area contributed by atoms with Crippen LogP contribution in [0.2, 0.25) is 0 Å². The molecule has 8 unspecified atom stereocenters. The lowest BCUT2D eigenvalue weighted by molar-refractivity contribution is 0.186. The minimum atomic E-state index is 0.109. The molecule has 0 bridgehead atoms. The largest absolute Gasteiger partial charge is 0.364 e. The van der Waals surface area contributed by atoms with Gasteiger partial charge < -0.3 is 9.47 Å². The first kappa shape index (κ1) is 37.5. The second kappa shape index (κ2) is 15.9. The lowest BCUT2D eigenvalue weighted by Gasteiger charge is -2.40. The Morgan fingerprint density at radius 2 is 1.32 bits per heavy atom. The number of aliphatic imine (C=N–C) groups is 2. The first-order valence-electron chi connectivity index (χ1n) is 23.3. The van der Waals surface area contributed by atoms with Gasteiger partial charge in [0.05, 0.1) is 23.8 Å². The standard InChI is InChI=1S/C58H54N4/c1-5-17-39(18-6-1)51-35-45(36-52(59-51)40-19-7-2-8-20-40)61-55-27-15-13-25-47(55)49-33-43(29-31-57(49)61)44-30-32-58-50(34-44)48-26-14-16-28-56(48)62(58)46-37-53(41-21-9-3-10-22-41)60-54(38-46)42-23-11-4-12-24-42/h1-13,15-25,27-28,30,32,34-35,43,46-47,49,52-53,55,57H,14,26,29,31,33,36-38H2. The van der Waals surface area contributed by atoms with E-state index in [0.29, 0.717) is 35.9 Å². The first-order chi connectivity index (χ1) is 30.7. The lowest BCUT2D eigenvalue weighted by atomic mass is 9.71. The maximum Gasteiger partial charge on any atom is 0.0810 e. The maximum atomic E-state index is 5.44. The molecule has 3 aliphatic heterocycles. The van der Waals surface area contributed by atoms with E-state index >= 15 is 0 Å². The Kier molecular flexibility index (Phi) is 9.61. The Hall–Kier alpha value is -6.26. The van der Waals surface area contributed by atoms with Crippen LogP contribution in [0, 0.1) is 11.8 Å². The molecule has 4 heteroatoms. The molecule has 8 atom stereocenters. The Balaban J connectivity index is 0.871. The van der Waals surface area contributed by atoms with E-state index in [2.05, 4.69) is 192 Å². The van der Waals surface area contributed by atoms with Crippen LogP contribution >= 0.6 is 0 Å². The molecule has 6 aromatic rings. The molecule has 12 rings (SSSR count). The van der Waals surface area contributed by atoms with Crippen LogP contribution in [0.15, 0.2) is 192 Å². The summed E-state index contributed by atoms with van der Waals surface area (Å²) in [5, 5.41) is 1.47. The summed E-state index contributed by atoms with van der Waals surface area (Å²) >= 11 is 0. The summed E-state index contributed by atoms with van der Waals surface area (Å²) in [7, 11) is 0. The molecule has 62 heavy (non-hydrogen) atoms. The lowest BCUT2D eigenvalue weighted by Crippen LogP contribution is -2.40. The fraction of sp³-hybridized carbons (Fsp3) is 0.276. The predicted octanol–water partition coefficient (Wildman–Crippen LogP) is 13.4. The Bertz CT molecular complexity index is 2790. The van der Waals surface area contributed by atoms with Crippen LogP contribution in [0.25, 0.3) is 17.0 Å². The summed E-state index contributed by atoms with van der Waals surface area (Å²) in [5.41, 5.74) is 14.7. The van der Waals surface area contributed by atoms with Crippen LogP contribution < -0.4 is 0 Å². The SMILES string of the molecule is C1=CC2C3CC(c4ccc5c(c4)c4c(n5C5CC(c6ccccc6)=NC(c6ccccc6)C5)C=CCC4)CCC3N(C3=CC(c4ccccc4)=NC(c4ccccc4)C3)C2C=C1. The molecular weight excluding hydrogens is 753 g/mol. The van der Waals surface area contributed by atoms with Gasteiger partial charge in [0.1, 0.15) is 0 Å². The van der Waals surface area contributed by atoms with Gasteiger partial charge in [-0.3, -0.25) is 9.98 Å². The highest BCUT2D eigenvalue weighted by Gasteiger charge is 2.50. The molecule has 1 aromatic heterocycles. The fourth-order valence-corrected chi connectivity index (χ4v) is 12.3. The second-order valence-corrected chi connectivity index (χ2v) is 18.5. The van der Waals surface area contributed by atoms with Gasteiger partial charge in [0.2, 0.25) is 0 Å². The first-order valence-corrected chi connectivity index (χ1v) is 23.3. The third-order valence-electron chi connectivity index (χ3n) is 15.1. The van der Waals surface area contributed by atoms with E-state index in [1.807, 2.05) is 0 Å². The van der Waals surface area contributed by atoms with Gasteiger partial charge in [0.25, 0.3) is 0 Å². The molecular formula is C58H54N4. The summed E-state index contributed by atoms with van der Waals surface area (Å²) < 4.78 is 2.72. The molecule has 4 nitrogen and oxygen atoms in total. The third-order valence-corrected chi connectivity index (χ3v) is 15.1. The zero-order valence-corrected chi connectivity index (χ0v) is 35.4. The van der Waals surface area contributed by atoms with Gasteiger partial charge in [-0.1, -0.05) is 158 Å². The van der Waals surface area contributed by atoms with Crippen LogP contribution in [0.1, 0.15) is 108 Å². The highest BCUT2D eigenvalue weighted by molar-refractivity contribution is 6.09. The average Bonchev–Trinajstić information content (AvgIpc) is 3.87. The normalized spacial score (nSPS) is 27.5. The smallest absolute Gasteiger partial charge is 0.0810 e. The molecule has 4 heterocycles. The van der Waals surface area contributed by atoms with Gasteiger partial charge in [-0.15, -0.1) is 0 Å². The van der Waals surface area contributed by atoms with Crippen molar-refractivity contribution >= 4 is 28.4 Å². The van der Waals surface area contributed by atoms with Crippen LogP contribution in [0.3, 0.4) is 0 Å². The van der Waals surface area contributed by atoms with E-state index in [9.17, 15) is 0 Å². The Morgan fingerprint density at radius 3 is 2.10 bits per heavy atom. The topological polar surface area (TPSA) is 32.9 Å². The van der Waals surface area contributed by atoms with Gasteiger partial charge >= 0.3 is 0 Å². The molecule has 5 aromatic carbocycles. The van der Waals surface area contributed by atoms with Crippen molar-refractivity contribution in [2.24, 2.45) is 21.8 Å². The van der Waals surface area contributed by atoms with Crippen LogP contribution in [0.4, 0.5) is 0 Å². The number of rotatable bonds is 7. The molecule has 1 saturated heterocycles. The molecule has 0 N–H and O–H groups in total. The summed E-state index contributed by atoms with van der Waals surface area (Å²) in [6.45, 7) is 0. The van der Waals surface area contributed by atoms with Crippen molar-refractivity contribution in [2.45, 2.75) is 87.5 Å². The van der Waals surface area contributed by atoms with Gasteiger partial charge in [-0.2, -0.15) is 0 Å². The van der Waals surface area contributed by atoms with E-state index in [4.69, 9.17) is 9.98 Å². The highest BCUT2D eigenvalue weighted by Crippen LogP contribution is 2.53. The molecule has 2 fully saturated rings. The maximum absolute atomic E-state index is 5.44. The predicted molar refractivity (Wildman–Crippen MR) is 256 cm³/mol. The average molecular weight is 807 g/mol. The number of benzene rings is 5. The van der Waals surface area contributed by atoms with E-state index in [0.717, 1.165) is 37.8 Å². The number of dihydropyridines is 1. The number of likely N-dealkylation sites (tertiary alicyclic amines) is 1. The number of fused-ring (bicyclic) bond motifs is 6. The van der Waals surface area contributed by atoms with E-state index in [1.165, 1.54) is 75.1 Å². The number of hydrogen-bond donors (Lipinski definition) is 0. The number of nitrogens with zero attached hydrogens (tertiary/aromatic N) is 4. The summed E-state index contributed by atoms with van der Waals surface area (Å²) in [4.78, 5) is 13.7. The number of aromatic nitrogens is 1. The van der Waals surface area contributed by atoms with E-state index in [1.54, 1.807) is 5.56 Å². The van der Waals surface area contributed by atoms with Gasteiger partial charge in [-0.05, 0) is 108 Å². The zero-order valence-electron chi connectivity index (χ0n) is 35.4. The molecule has 0 spiro atoms. The molecule has 0 radical (unpaired) electrons. The van der Waals surface area contributed by atoms with Crippen LogP contribution in [0.5, 0.6) is 0 Å². The van der Waals surface area contributed by atoms with E-state index in [-0.39, 0.29) is 12.1 Å². The van der Waals surface area contributed by atoms with Crippen molar-refractivity contribution in [3.63, 3.8) is 0 Å². The van der Waals surface area contributed by atoms with Crippen molar-refractivity contribution in [3.8, 4) is 0 Å². The minimum Gasteiger partial charge on any atom is -0.364 e. The number of aryl methyl sites for hydroxylation is 1. The highest BCUT2D eigenvalue weighted by atomic mass is 15.2. The molecule has 6 aliphatic rings. The van der Waals surface area contributed by atoms with Crippen molar-refractivity contribution in [2.75, 3.05) is 0 Å². The molecule has 0 amide bonds. The van der Waals surface area contributed by atoms with Crippen LogP contribution in [-0.4, -0.2) is 33.0 Å². The third kappa shape index (κ3) is 6.67. The summed E-state index contributed by atoms with van der Waals surface area (Å²) in [5.74, 6) is 1.65. The van der Waals surface area contributed by atoms with Gasteiger partial charge in [-0.25, -0.2) is 0 Å². The van der Waals surface area contributed by atoms with Gasteiger partial charge in [0.15, 0.2) is 0 Å². The quantitative estimate of drug-likeness (QED) is 0.158. The number of allylic oxidation sites excluding steroid dienone is 4. The summed E-state index contributed by atoms with van der Waals surface area (Å²) in [6.07, 6.45) is 25.7. The fourth-order valence-electron chi connectivity index (χ4n) is 12.3. The van der Waals surface area contributed by atoms with E-state index < -0.39 is 0 Å². The summed E-state index contributed by atoms with van der Waals surface area (Å²) in [6, 6.07) is 52.7. The molecule has 3 aliphatic carbocycles. The second-order valence-electron chi connectivity index (χ2n) is 18.5. The minimum absolute atomic E-state index is 0.109. The Labute approximate surface area is 366 Å².